The molecule has 0 atom stereocenters. The molecule has 0 aliphatic heterocycles. The molecule has 0 saturated heterocycles. The van der Waals surface area contributed by atoms with Crippen molar-refractivity contribution in [1.82, 2.24) is 9.38 Å². The van der Waals surface area contributed by atoms with Crippen LogP contribution in [0.1, 0.15) is 36.4 Å². The van der Waals surface area contributed by atoms with Gasteiger partial charge < -0.3 is 4.40 Å². The summed E-state index contributed by atoms with van der Waals surface area (Å²) >= 11 is 0. The van der Waals surface area contributed by atoms with Gasteiger partial charge in [-0.15, -0.1) is 0 Å². The molecule has 1 fully saturated rings. The van der Waals surface area contributed by atoms with Gasteiger partial charge in [-0.2, -0.15) is 0 Å². The second-order valence-corrected chi connectivity index (χ2v) is 4.22. The lowest BCUT2D eigenvalue weighted by molar-refractivity contribution is 0.412. The van der Waals surface area contributed by atoms with Crippen molar-refractivity contribution in [2.45, 2.75) is 32.1 Å². The highest BCUT2D eigenvalue weighted by molar-refractivity contribution is 5.48. The Hall–Kier alpha value is -1.31. The Morgan fingerprint density at radius 3 is 2.93 bits per heavy atom. The summed E-state index contributed by atoms with van der Waals surface area (Å²) in [5.74, 6) is 0.731. The van der Waals surface area contributed by atoms with Crippen molar-refractivity contribution < 1.29 is 0 Å². The van der Waals surface area contributed by atoms with Gasteiger partial charge in [-0.1, -0.05) is 12.5 Å². The van der Waals surface area contributed by atoms with Gasteiger partial charge in [0.1, 0.15) is 5.65 Å². The monoisotopic (exact) mass is 186 g/mol. The van der Waals surface area contributed by atoms with Crippen molar-refractivity contribution in [3.8, 4) is 0 Å². The van der Waals surface area contributed by atoms with Gasteiger partial charge in [0.2, 0.25) is 0 Å². The first kappa shape index (κ1) is 8.04. The highest BCUT2D eigenvalue weighted by atomic mass is 15.0. The van der Waals surface area contributed by atoms with Gasteiger partial charge in [0.25, 0.3) is 0 Å². The van der Waals surface area contributed by atoms with E-state index < -0.39 is 0 Å². The Labute approximate surface area is 83.6 Å². The van der Waals surface area contributed by atoms with Crippen LogP contribution in [-0.2, 0) is 0 Å². The van der Waals surface area contributed by atoms with Crippen LogP contribution in [0.15, 0.2) is 24.5 Å². The molecule has 2 heteroatoms. The lowest BCUT2D eigenvalue weighted by atomic mass is 9.83. The Balaban J connectivity index is 2.15. The van der Waals surface area contributed by atoms with Crippen LogP contribution in [-0.4, -0.2) is 9.38 Å². The molecule has 0 unspecified atom stereocenters. The van der Waals surface area contributed by atoms with Gasteiger partial charge in [-0.25, -0.2) is 4.98 Å². The Kier molecular flexibility index (Phi) is 1.63. The third kappa shape index (κ3) is 1.07. The largest absolute Gasteiger partial charge is 0.307 e. The number of imidazole rings is 1. The van der Waals surface area contributed by atoms with Crippen molar-refractivity contribution in [2.24, 2.45) is 0 Å². The number of pyridine rings is 1. The van der Waals surface area contributed by atoms with Crippen molar-refractivity contribution in [3.63, 3.8) is 0 Å². The van der Waals surface area contributed by atoms with Gasteiger partial charge in [-0.3, -0.25) is 0 Å². The van der Waals surface area contributed by atoms with Crippen LogP contribution in [0.4, 0.5) is 0 Å². The quantitative estimate of drug-likeness (QED) is 0.669. The van der Waals surface area contributed by atoms with Crippen LogP contribution in [0.2, 0.25) is 0 Å². The van der Waals surface area contributed by atoms with E-state index in [-0.39, 0.29) is 0 Å². The summed E-state index contributed by atoms with van der Waals surface area (Å²) < 4.78 is 2.14. The van der Waals surface area contributed by atoms with Crippen LogP contribution >= 0.6 is 0 Å². The number of hydrogen-bond donors (Lipinski definition) is 0. The molecule has 2 nitrogen and oxygen atoms in total. The fourth-order valence-electron chi connectivity index (χ4n) is 2.07. The van der Waals surface area contributed by atoms with Crippen LogP contribution in [0.25, 0.3) is 5.65 Å². The Morgan fingerprint density at radius 1 is 1.43 bits per heavy atom. The molecule has 1 aliphatic carbocycles. The summed E-state index contributed by atoms with van der Waals surface area (Å²) in [6.45, 7) is 2.12. The predicted octanol–water partition coefficient (Wildman–Crippen LogP) is 2.91. The van der Waals surface area contributed by atoms with Crippen molar-refractivity contribution in [1.29, 1.82) is 0 Å². The van der Waals surface area contributed by atoms with Gasteiger partial charge in [-0.05, 0) is 31.4 Å². The summed E-state index contributed by atoms with van der Waals surface area (Å²) in [6, 6.07) is 4.20. The van der Waals surface area contributed by atoms with E-state index >= 15 is 0 Å². The van der Waals surface area contributed by atoms with Crippen molar-refractivity contribution in [2.75, 3.05) is 0 Å². The maximum Gasteiger partial charge on any atom is 0.139 e. The topological polar surface area (TPSA) is 17.3 Å². The average Bonchev–Trinajstić information content (AvgIpc) is 2.46. The van der Waals surface area contributed by atoms with Crippen LogP contribution in [0.3, 0.4) is 0 Å². The summed E-state index contributed by atoms with van der Waals surface area (Å²) in [4.78, 5) is 4.70. The minimum Gasteiger partial charge on any atom is -0.307 e. The van der Waals surface area contributed by atoms with E-state index in [0.717, 1.165) is 11.6 Å². The van der Waals surface area contributed by atoms with E-state index in [2.05, 4.69) is 35.9 Å². The molecular formula is C12H14N2. The molecule has 72 valence electrons. The van der Waals surface area contributed by atoms with Gasteiger partial charge >= 0.3 is 0 Å². The number of fused-ring (bicyclic) bond motifs is 1. The molecule has 0 amide bonds. The zero-order valence-corrected chi connectivity index (χ0v) is 8.40. The van der Waals surface area contributed by atoms with E-state index in [9.17, 15) is 0 Å². The summed E-state index contributed by atoms with van der Waals surface area (Å²) in [7, 11) is 0. The number of aryl methyl sites for hydroxylation is 1. The minimum atomic E-state index is 0.731. The average molecular weight is 186 g/mol. The van der Waals surface area contributed by atoms with E-state index in [1.54, 1.807) is 0 Å². The molecule has 1 aliphatic rings. The van der Waals surface area contributed by atoms with Crippen LogP contribution < -0.4 is 0 Å². The predicted molar refractivity (Wildman–Crippen MR) is 56.5 cm³/mol. The summed E-state index contributed by atoms with van der Waals surface area (Å²) in [5, 5.41) is 0. The summed E-state index contributed by atoms with van der Waals surface area (Å²) in [5.41, 5.74) is 3.66. The van der Waals surface area contributed by atoms with Crippen molar-refractivity contribution in [3.05, 3.63) is 35.8 Å². The first-order valence-corrected chi connectivity index (χ1v) is 5.29. The third-order valence-electron chi connectivity index (χ3n) is 3.22. The maximum absolute atomic E-state index is 4.70. The van der Waals surface area contributed by atoms with Crippen molar-refractivity contribution >= 4 is 5.65 Å². The highest BCUT2D eigenvalue weighted by Crippen LogP contribution is 2.35. The van der Waals surface area contributed by atoms with E-state index in [0.29, 0.717) is 0 Å². The molecule has 0 spiro atoms. The molecule has 14 heavy (non-hydrogen) atoms. The maximum atomic E-state index is 4.70. The van der Waals surface area contributed by atoms with Gasteiger partial charge in [0.05, 0.1) is 5.69 Å². The zero-order chi connectivity index (χ0) is 9.54. The standard InChI is InChI=1S/C12H14N2/c1-9-4-3-7-14-8-11(13-12(9)14)10-5-2-6-10/h3-4,7-8,10H,2,5-6H2,1H3. The molecule has 0 radical (unpaired) electrons. The normalized spacial score (nSPS) is 17.2. The molecular weight excluding hydrogens is 172 g/mol. The molecule has 2 aromatic rings. The molecule has 0 aromatic carbocycles. The molecule has 0 N–H and O–H groups in total. The second-order valence-electron chi connectivity index (χ2n) is 4.22. The third-order valence-corrected chi connectivity index (χ3v) is 3.22. The number of nitrogens with zero attached hydrogens (tertiary/aromatic N) is 2. The van der Waals surface area contributed by atoms with E-state index in [4.69, 9.17) is 4.98 Å². The fraction of sp³-hybridized carbons (Fsp3) is 0.417. The molecule has 2 heterocycles. The van der Waals surface area contributed by atoms with Crippen LogP contribution in [0, 0.1) is 6.92 Å². The fourth-order valence-corrected chi connectivity index (χ4v) is 2.07. The smallest absolute Gasteiger partial charge is 0.139 e. The highest BCUT2D eigenvalue weighted by Gasteiger charge is 2.22. The zero-order valence-electron chi connectivity index (χ0n) is 8.40. The molecule has 3 rings (SSSR count). The van der Waals surface area contributed by atoms with Gasteiger partial charge in [0, 0.05) is 18.3 Å². The summed E-state index contributed by atoms with van der Waals surface area (Å²) in [6.07, 6.45) is 8.28. The Morgan fingerprint density at radius 2 is 2.29 bits per heavy atom. The first-order chi connectivity index (χ1) is 6.84. The van der Waals surface area contributed by atoms with E-state index in [1.165, 1.54) is 30.5 Å². The Bertz CT molecular complexity index is 466. The SMILES string of the molecule is Cc1cccn2cc(C3CCC3)nc12. The minimum absolute atomic E-state index is 0.731. The molecule has 0 bridgehead atoms. The second kappa shape index (κ2) is 2.84. The lowest BCUT2D eigenvalue weighted by Gasteiger charge is -2.22. The van der Waals surface area contributed by atoms with Gasteiger partial charge in [0.15, 0.2) is 0 Å². The lowest BCUT2D eigenvalue weighted by Crippen LogP contribution is -2.08. The number of rotatable bonds is 1. The first-order valence-electron chi connectivity index (χ1n) is 5.29. The number of aromatic nitrogens is 2. The van der Waals surface area contributed by atoms with Crippen LogP contribution in [0.5, 0.6) is 0 Å². The molecule has 1 saturated carbocycles. The number of hydrogen-bond acceptors (Lipinski definition) is 1. The van der Waals surface area contributed by atoms with E-state index in [1.807, 2.05) is 0 Å². The molecule has 2 aromatic heterocycles.